The Morgan fingerprint density at radius 3 is 2.47 bits per heavy atom. The first kappa shape index (κ1) is 12.9. The van der Waals surface area contributed by atoms with Crippen molar-refractivity contribution in [2.45, 2.75) is 60.3 Å². The second-order valence-electron chi connectivity index (χ2n) is 7.10. The van der Waals surface area contributed by atoms with Crippen LogP contribution in [0.2, 0.25) is 0 Å². The molecule has 0 unspecified atom stereocenters. The van der Waals surface area contributed by atoms with Crippen LogP contribution in [0.4, 0.5) is 0 Å². The third kappa shape index (κ3) is 1.70. The summed E-state index contributed by atoms with van der Waals surface area (Å²) in [5.74, 6) is 1.69. The zero-order chi connectivity index (χ0) is 12.8. The molecule has 2 atom stereocenters. The Hall–Kier alpha value is -0.590. The van der Waals surface area contributed by atoms with Crippen molar-refractivity contribution in [3.63, 3.8) is 0 Å². The molecule has 0 aromatic carbocycles. The highest BCUT2D eigenvalue weighted by atomic mass is 16.1. The molecule has 0 aliphatic heterocycles. The van der Waals surface area contributed by atoms with E-state index in [1.54, 1.807) is 0 Å². The minimum atomic E-state index is -0.0820. The number of rotatable bonds is 3. The molecule has 2 bridgehead atoms. The standard InChI is InChI=1S/C16H26O/c1-11(2)7-6-8-12-13-9-10-16(5,14(12)17)15(13,3)4/h8,11,13H,6-7,9-10H2,1-5H3/b12-8-/t13-,16-/m0/s1. The number of ketones is 1. The second kappa shape index (κ2) is 3.96. The Labute approximate surface area is 106 Å². The molecule has 0 spiro atoms. The maximum absolute atomic E-state index is 12.5. The molecular formula is C16H26O. The average Bonchev–Trinajstić information content (AvgIpc) is 2.52. The summed E-state index contributed by atoms with van der Waals surface area (Å²) in [7, 11) is 0. The smallest absolute Gasteiger partial charge is 0.165 e. The van der Waals surface area contributed by atoms with Gasteiger partial charge < -0.3 is 0 Å². The molecule has 96 valence electrons. The summed E-state index contributed by atoms with van der Waals surface area (Å²) in [6.45, 7) is 11.2. The van der Waals surface area contributed by atoms with Crippen molar-refractivity contribution >= 4 is 5.78 Å². The van der Waals surface area contributed by atoms with Gasteiger partial charge >= 0.3 is 0 Å². The number of hydrogen-bond acceptors (Lipinski definition) is 1. The fourth-order valence-corrected chi connectivity index (χ4v) is 3.73. The molecule has 2 rings (SSSR count). The molecular weight excluding hydrogens is 208 g/mol. The molecule has 0 aromatic rings. The predicted octanol–water partition coefficient (Wildman–Crippen LogP) is 4.37. The number of allylic oxidation sites excluding steroid dienone is 2. The largest absolute Gasteiger partial charge is 0.294 e. The lowest BCUT2D eigenvalue weighted by Gasteiger charge is -2.31. The molecule has 0 heterocycles. The summed E-state index contributed by atoms with van der Waals surface area (Å²) in [5.41, 5.74) is 1.25. The Morgan fingerprint density at radius 2 is 2.00 bits per heavy atom. The first-order valence-electron chi connectivity index (χ1n) is 7.05. The third-order valence-corrected chi connectivity index (χ3v) is 5.47. The molecule has 2 aliphatic carbocycles. The first-order chi connectivity index (χ1) is 7.80. The lowest BCUT2D eigenvalue weighted by atomic mass is 9.70. The summed E-state index contributed by atoms with van der Waals surface area (Å²) in [4.78, 5) is 12.5. The summed E-state index contributed by atoms with van der Waals surface area (Å²) in [6, 6.07) is 0. The van der Waals surface area contributed by atoms with Crippen LogP contribution in [0.3, 0.4) is 0 Å². The van der Waals surface area contributed by atoms with Gasteiger partial charge in [0.05, 0.1) is 0 Å². The lowest BCUT2D eigenvalue weighted by Crippen LogP contribution is -2.32. The number of fused-ring (bicyclic) bond motifs is 2. The monoisotopic (exact) mass is 234 g/mol. The van der Waals surface area contributed by atoms with Crippen molar-refractivity contribution in [1.29, 1.82) is 0 Å². The van der Waals surface area contributed by atoms with Crippen LogP contribution < -0.4 is 0 Å². The number of hydrogen-bond donors (Lipinski definition) is 0. The van der Waals surface area contributed by atoms with Crippen LogP contribution in [-0.2, 0) is 4.79 Å². The first-order valence-corrected chi connectivity index (χ1v) is 7.05. The zero-order valence-corrected chi connectivity index (χ0v) is 12.0. The number of carbonyl (C=O) groups is 1. The van der Waals surface area contributed by atoms with Crippen LogP contribution in [0.25, 0.3) is 0 Å². The van der Waals surface area contributed by atoms with E-state index in [4.69, 9.17) is 0 Å². The molecule has 1 heteroatoms. The molecule has 0 aromatic heterocycles. The molecule has 0 amide bonds. The van der Waals surface area contributed by atoms with E-state index < -0.39 is 0 Å². The van der Waals surface area contributed by atoms with E-state index >= 15 is 0 Å². The van der Waals surface area contributed by atoms with Gasteiger partial charge in [-0.3, -0.25) is 4.79 Å². The van der Waals surface area contributed by atoms with Gasteiger partial charge in [0.1, 0.15) is 0 Å². The topological polar surface area (TPSA) is 17.1 Å². The van der Waals surface area contributed by atoms with Crippen molar-refractivity contribution in [1.82, 2.24) is 0 Å². The van der Waals surface area contributed by atoms with Crippen molar-refractivity contribution in [2.24, 2.45) is 22.7 Å². The lowest BCUT2D eigenvalue weighted by molar-refractivity contribution is -0.125. The van der Waals surface area contributed by atoms with Crippen molar-refractivity contribution < 1.29 is 4.79 Å². The fraction of sp³-hybridized carbons (Fsp3) is 0.812. The van der Waals surface area contributed by atoms with Gasteiger partial charge in [0.25, 0.3) is 0 Å². The Balaban J connectivity index is 2.20. The Morgan fingerprint density at radius 1 is 1.35 bits per heavy atom. The van der Waals surface area contributed by atoms with E-state index in [-0.39, 0.29) is 10.8 Å². The maximum atomic E-state index is 12.5. The van der Waals surface area contributed by atoms with Gasteiger partial charge in [0, 0.05) is 5.41 Å². The van der Waals surface area contributed by atoms with Gasteiger partial charge in [0.2, 0.25) is 0 Å². The molecule has 0 saturated heterocycles. The zero-order valence-electron chi connectivity index (χ0n) is 12.0. The summed E-state index contributed by atoms with van der Waals surface area (Å²) >= 11 is 0. The molecule has 2 fully saturated rings. The van der Waals surface area contributed by atoms with Crippen LogP contribution in [-0.4, -0.2) is 5.78 Å². The maximum Gasteiger partial charge on any atom is 0.165 e. The average molecular weight is 234 g/mol. The van der Waals surface area contributed by atoms with E-state index in [0.29, 0.717) is 11.7 Å². The van der Waals surface area contributed by atoms with Gasteiger partial charge in [-0.1, -0.05) is 40.7 Å². The minimum Gasteiger partial charge on any atom is -0.294 e. The van der Waals surface area contributed by atoms with E-state index in [9.17, 15) is 4.79 Å². The highest BCUT2D eigenvalue weighted by molar-refractivity contribution is 6.04. The van der Waals surface area contributed by atoms with E-state index in [1.165, 1.54) is 12.8 Å². The normalized spacial score (nSPS) is 37.4. The van der Waals surface area contributed by atoms with Crippen molar-refractivity contribution in [3.8, 4) is 0 Å². The van der Waals surface area contributed by atoms with Gasteiger partial charge in [-0.15, -0.1) is 0 Å². The van der Waals surface area contributed by atoms with Gasteiger partial charge in [-0.2, -0.15) is 0 Å². The SMILES string of the molecule is CC(C)CC/C=C1\C(=O)[C@]2(C)CC[C@@H]1C2(C)C. The second-order valence-corrected chi connectivity index (χ2v) is 7.10. The molecule has 0 N–H and O–H groups in total. The van der Waals surface area contributed by atoms with Crippen LogP contribution in [0.5, 0.6) is 0 Å². The highest BCUT2D eigenvalue weighted by Crippen LogP contribution is 2.65. The van der Waals surface area contributed by atoms with Gasteiger partial charge in [-0.05, 0) is 48.5 Å². The molecule has 0 radical (unpaired) electrons. The Bertz CT molecular complexity index is 362. The van der Waals surface area contributed by atoms with E-state index in [0.717, 1.165) is 24.3 Å². The van der Waals surface area contributed by atoms with Gasteiger partial charge in [-0.25, -0.2) is 0 Å². The molecule has 17 heavy (non-hydrogen) atoms. The highest BCUT2D eigenvalue weighted by Gasteiger charge is 2.63. The summed E-state index contributed by atoms with van der Waals surface area (Å²) in [6.07, 6.45) is 6.81. The fourth-order valence-electron chi connectivity index (χ4n) is 3.73. The summed E-state index contributed by atoms with van der Waals surface area (Å²) in [5, 5.41) is 0. The van der Waals surface area contributed by atoms with E-state index in [2.05, 4.69) is 40.7 Å². The summed E-state index contributed by atoms with van der Waals surface area (Å²) < 4.78 is 0. The number of carbonyl (C=O) groups excluding carboxylic acids is 1. The minimum absolute atomic E-state index is 0.0820. The van der Waals surface area contributed by atoms with Crippen molar-refractivity contribution in [2.75, 3.05) is 0 Å². The third-order valence-electron chi connectivity index (χ3n) is 5.47. The van der Waals surface area contributed by atoms with Gasteiger partial charge in [0.15, 0.2) is 5.78 Å². The van der Waals surface area contributed by atoms with Crippen LogP contribution in [0.15, 0.2) is 11.6 Å². The molecule has 1 nitrogen and oxygen atoms in total. The Kier molecular flexibility index (Phi) is 3.00. The van der Waals surface area contributed by atoms with Crippen LogP contribution >= 0.6 is 0 Å². The quantitative estimate of drug-likeness (QED) is 0.662. The molecule has 2 aliphatic rings. The predicted molar refractivity (Wildman–Crippen MR) is 71.8 cm³/mol. The van der Waals surface area contributed by atoms with Crippen LogP contribution in [0, 0.1) is 22.7 Å². The molecule has 2 saturated carbocycles. The number of Topliss-reactive ketones (excluding diaryl/α,β-unsaturated/α-hetero) is 1. The van der Waals surface area contributed by atoms with Crippen LogP contribution in [0.1, 0.15) is 60.3 Å². The van der Waals surface area contributed by atoms with Crippen molar-refractivity contribution in [3.05, 3.63) is 11.6 Å². The van der Waals surface area contributed by atoms with E-state index in [1.807, 2.05) is 0 Å².